The molecule has 2 heteroatoms. The molecule has 0 aliphatic heterocycles. The third kappa shape index (κ3) is 27.8. The van der Waals surface area contributed by atoms with Gasteiger partial charge in [0.1, 0.15) is 5.78 Å². The Bertz CT molecular complexity index is 548. The molecule has 0 aromatic carbocycles. The number of carbonyl (C=O) groups is 1. The first-order valence-corrected chi connectivity index (χ1v) is 17.0. The SMILES string of the molecule is CCCCCCCCC=CCCCCCCC([C]=O)C(=O)CCCCCCC/C=C\CCCCCCCC. The van der Waals surface area contributed by atoms with Crippen molar-refractivity contribution in [3.63, 3.8) is 0 Å². The zero-order valence-corrected chi connectivity index (χ0v) is 25.8. The predicted molar refractivity (Wildman–Crippen MR) is 168 cm³/mol. The fourth-order valence-electron chi connectivity index (χ4n) is 5.07. The van der Waals surface area contributed by atoms with Gasteiger partial charge in [-0.1, -0.05) is 141 Å². The van der Waals surface area contributed by atoms with Crippen LogP contribution < -0.4 is 0 Å². The molecule has 0 spiro atoms. The summed E-state index contributed by atoms with van der Waals surface area (Å²) in [6.07, 6.45) is 44.1. The Morgan fingerprint density at radius 1 is 0.500 bits per heavy atom. The molecule has 38 heavy (non-hydrogen) atoms. The van der Waals surface area contributed by atoms with Gasteiger partial charge in [-0.25, -0.2) is 0 Å². The van der Waals surface area contributed by atoms with Crippen molar-refractivity contribution in [1.29, 1.82) is 0 Å². The molecule has 0 aliphatic rings. The Hall–Kier alpha value is -1.18. The van der Waals surface area contributed by atoms with Crippen LogP contribution in [-0.4, -0.2) is 12.1 Å². The summed E-state index contributed by atoms with van der Waals surface area (Å²) < 4.78 is 0. The van der Waals surface area contributed by atoms with Crippen molar-refractivity contribution >= 4 is 12.1 Å². The molecule has 1 atom stereocenters. The van der Waals surface area contributed by atoms with Gasteiger partial charge in [0.2, 0.25) is 6.29 Å². The molecule has 0 bridgehead atoms. The third-order valence-corrected chi connectivity index (χ3v) is 7.72. The van der Waals surface area contributed by atoms with Gasteiger partial charge >= 0.3 is 0 Å². The molecule has 1 unspecified atom stereocenters. The highest BCUT2D eigenvalue weighted by Gasteiger charge is 2.17. The van der Waals surface area contributed by atoms with Gasteiger partial charge in [0.05, 0.1) is 5.92 Å². The predicted octanol–water partition coefficient (Wildman–Crippen LogP) is 12.0. The molecule has 0 aromatic rings. The summed E-state index contributed by atoms with van der Waals surface area (Å²) in [4.78, 5) is 23.7. The van der Waals surface area contributed by atoms with Crippen molar-refractivity contribution in [1.82, 2.24) is 0 Å². The summed E-state index contributed by atoms with van der Waals surface area (Å²) in [7, 11) is 0. The first-order chi connectivity index (χ1) is 18.8. The normalized spacial score (nSPS) is 12.6. The van der Waals surface area contributed by atoms with Crippen molar-refractivity contribution in [2.24, 2.45) is 5.92 Å². The molecule has 0 aliphatic carbocycles. The van der Waals surface area contributed by atoms with Crippen LogP contribution in [0.3, 0.4) is 0 Å². The van der Waals surface area contributed by atoms with E-state index in [4.69, 9.17) is 0 Å². The smallest absolute Gasteiger partial charge is 0.209 e. The molecule has 0 aromatic heterocycles. The molecule has 1 radical (unpaired) electrons. The van der Waals surface area contributed by atoms with Crippen LogP contribution in [0.4, 0.5) is 0 Å². The number of hydrogen-bond donors (Lipinski definition) is 0. The van der Waals surface area contributed by atoms with Crippen LogP contribution in [0.1, 0.15) is 187 Å². The molecule has 0 amide bonds. The minimum atomic E-state index is -0.482. The Balaban J connectivity index is 3.51. The number of allylic oxidation sites excluding steroid dienone is 4. The number of carbonyl (C=O) groups excluding carboxylic acids is 2. The lowest BCUT2D eigenvalue weighted by Crippen LogP contribution is -2.15. The van der Waals surface area contributed by atoms with E-state index in [1.54, 1.807) is 0 Å². The molecule has 0 fully saturated rings. The topological polar surface area (TPSA) is 34.1 Å². The summed E-state index contributed by atoms with van der Waals surface area (Å²) in [6.45, 7) is 4.54. The Kier molecular flexibility index (Phi) is 31.0. The molecule has 221 valence electrons. The highest BCUT2D eigenvalue weighted by Crippen LogP contribution is 2.16. The van der Waals surface area contributed by atoms with Crippen LogP contribution in [-0.2, 0) is 9.59 Å². The van der Waals surface area contributed by atoms with Gasteiger partial charge in [0.25, 0.3) is 0 Å². The number of Topliss-reactive ketones (excluding diaryl/α,β-unsaturated/α-hetero) is 1. The molecule has 0 N–H and O–H groups in total. The standard InChI is InChI=1S/C36H65O2/c1-3-5-7-9-11-13-15-17-19-21-23-25-27-29-31-33-36(38)35(34-37)32-30-28-26-24-22-20-18-16-14-12-10-8-6-4-2/h17-20,35H,3-16,21-33H2,1-2H3/b19-17-,20-18?. The maximum Gasteiger partial charge on any atom is 0.209 e. The zero-order valence-electron chi connectivity index (χ0n) is 25.8. The van der Waals surface area contributed by atoms with Crippen molar-refractivity contribution in [3.05, 3.63) is 24.3 Å². The summed E-state index contributed by atoms with van der Waals surface area (Å²) in [5, 5.41) is 0. The van der Waals surface area contributed by atoms with Crippen LogP contribution in [0.5, 0.6) is 0 Å². The second-order valence-electron chi connectivity index (χ2n) is 11.5. The van der Waals surface area contributed by atoms with Crippen LogP contribution in [0.25, 0.3) is 0 Å². The largest absolute Gasteiger partial charge is 0.299 e. The highest BCUT2D eigenvalue weighted by atomic mass is 16.1. The summed E-state index contributed by atoms with van der Waals surface area (Å²) in [5.41, 5.74) is 0. The van der Waals surface area contributed by atoms with Gasteiger partial charge in [-0.15, -0.1) is 0 Å². The van der Waals surface area contributed by atoms with Gasteiger partial charge in [-0.2, -0.15) is 0 Å². The van der Waals surface area contributed by atoms with Crippen LogP contribution >= 0.6 is 0 Å². The Morgan fingerprint density at radius 2 is 0.842 bits per heavy atom. The Morgan fingerprint density at radius 3 is 1.24 bits per heavy atom. The average molecular weight is 530 g/mol. The lowest BCUT2D eigenvalue weighted by atomic mass is 9.94. The zero-order chi connectivity index (χ0) is 27.8. The Labute approximate surface area is 238 Å². The molecule has 0 saturated heterocycles. The second-order valence-corrected chi connectivity index (χ2v) is 11.5. The summed E-state index contributed by atoms with van der Waals surface area (Å²) >= 11 is 0. The number of hydrogen-bond acceptors (Lipinski definition) is 2. The molecular formula is C36H65O2. The minimum Gasteiger partial charge on any atom is -0.299 e. The average Bonchev–Trinajstić information content (AvgIpc) is 2.93. The third-order valence-electron chi connectivity index (χ3n) is 7.72. The first-order valence-electron chi connectivity index (χ1n) is 17.0. The van der Waals surface area contributed by atoms with Crippen molar-refractivity contribution < 1.29 is 9.59 Å². The number of unbranched alkanes of at least 4 members (excludes halogenated alkanes) is 21. The number of ketones is 1. The van der Waals surface area contributed by atoms with E-state index in [-0.39, 0.29) is 5.78 Å². The van der Waals surface area contributed by atoms with Crippen LogP contribution in [0.15, 0.2) is 24.3 Å². The van der Waals surface area contributed by atoms with E-state index in [1.165, 1.54) is 128 Å². The molecule has 0 heterocycles. The quantitative estimate of drug-likeness (QED) is 0.0508. The molecular weight excluding hydrogens is 464 g/mol. The van der Waals surface area contributed by atoms with Gasteiger partial charge in [-0.3, -0.25) is 9.59 Å². The monoisotopic (exact) mass is 529 g/mol. The fourth-order valence-corrected chi connectivity index (χ4v) is 5.07. The fraction of sp³-hybridized carbons (Fsp3) is 0.833. The first kappa shape index (κ1) is 36.8. The number of rotatable bonds is 31. The van der Waals surface area contributed by atoms with E-state index in [2.05, 4.69) is 38.2 Å². The van der Waals surface area contributed by atoms with Gasteiger partial charge in [-0.05, 0) is 64.2 Å². The van der Waals surface area contributed by atoms with E-state index in [9.17, 15) is 9.59 Å². The highest BCUT2D eigenvalue weighted by molar-refractivity contribution is 5.93. The van der Waals surface area contributed by atoms with Crippen LogP contribution in [0.2, 0.25) is 0 Å². The maximum atomic E-state index is 12.4. The van der Waals surface area contributed by atoms with Crippen molar-refractivity contribution in [3.8, 4) is 0 Å². The second kappa shape index (κ2) is 32.0. The van der Waals surface area contributed by atoms with Gasteiger partial charge in [0.15, 0.2) is 0 Å². The molecule has 0 rings (SSSR count). The van der Waals surface area contributed by atoms with E-state index in [0.717, 1.165) is 32.1 Å². The summed E-state index contributed by atoms with van der Waals surface area (Å²) in [6, 6.07) is 0. The van der Waals surface area contributed by atoms with Crippen molar-refractivity contribution in [2.75, 3.05) is 0 Å². The van der Waals surface area contributed by atoms with Crippen molar-refractivity contribution in [2.45, 2.75) is 187 Å². The van der Waals surface area contributed by atoms with Gasteiger partial charge < -0.3 is 0 Å². The molecule has 2 nitrogen and oxygen atoms in total. The molecule has 0 saturated carbocycles. The lowest BCUT2D eigenvalue weighted by Gasteiger charge is -2.08. The maximum absolute atomic E-state index is 12.4. The summed E-state index contributed by atoms with van der Waals surface area (Å²) in [5.74, 6) is -0.362. The van der Waals surface area contributed by atoms with E-state index in [1.807, 2.05) is 6.29 Å². The van der Waals surface area contributed by atoms with Crippen LogP contribution in [0, 0.1) is 5.92 Å². The van der Waals surface area contributed by atoms with E-state index in [0.29, 0.717) is 12.8 Å². The van der Waals surface area contributed by atoms with E-state index >= 15 is 0 Å². The lowest BCUT2D eigenvalue weighted by molar-refractivity contribution is -0.121. The van der Waals surface area contributed by atoms with E-state index < -0.39 is 5.92 Å². The van der Waals surface area contributed by atoms with Gasteiger partial charge in [0, 0.05) is 6.42 Å². The minimum absolute atomic E-state index is 0.121.